The molecule has 0 fully saturated rings. The van der Waals surface area contributed by atoms with Gasteiger partial charge < -0.3 is 9.72 Å². The van der Waals surface area contributed by atoms with Gasteiger partial charge in [0.2, 0.25) is 0 Å². The summed E-state index contributed by atoms with van der Waals surface area (Å²) in [4.78, 5) is 19.0. The van der Waals surface area contributed by atoms with Crippen LogP contribution in [0.3, 0.4) is 0 Å². The molecular formula is C14H12N2O2. The van der Waals surface area contributed by atoms with Crippen molar-refractivity contribution in [2.24, 2.45) is 0 Å². The van der Waals surface area contributed by atoms with E-state index >= 15 is 0 Å². The summed E-state index contributed by atoms with van der Waals surface area (Å²) in [6.45, 7) is 2.18. The Labute approximate surface area is 104 Å². The molecule has 0 aliphatic carbocycles. The third-order valence-electron chi connectivity index (χ3n) is 2.91. The van der Waals surface area contributed by atoms with Gasteiger partial charge in [0.25, 0.3) is 0 Å². The van der Waals surface area contributed by atoms with E-state index in [-0.39, 0.29) is 5.97 Å². The second kappa shape index (κ2) is 4.14. The number of nitrogens with zero attached hydrogens (tertiary/aromatic N) is 1. The van der Waals surface area contributed by atoms with E-state index in [1.54, 1.807) is 25.4 Å². The minimum Gasteiger partial charge on any atom is -0.462 e. The summed E-state index contributed by atoms with van der Waals surface area (Å²) >= 11 is 0. The predicted molar refractivity (Wildman–Crippen MR) is 69.6 cm³/mol. The summed E-state index contributed by atoms with van der Waals surface area (Å²) in [5, 5.41) is 2.07. The lowest BCUT2D eigenvalue weighted by Crippen LogP contribution is -2.03. The molecule has 90 valence electrons. The average Bonchev–Trinajstić information content (AvgIpc) is 2.76. The number of rotatable bonds is 2. The lowest BCUT2D eigenvalue weighted by atomic mass is 10.1. The minimum atomic E-state index is -0.289. The van der Waals surface area contributed by atoms with Crippen LogP contribution in [0.15, 0.2) is 36.7 Å². The fourth-order valence-electron chi connectivity index (χ4n) is 2.09. The number of esters is 1. The number of pyridine rings is 1. The molecule has 3 aromatic rings. The molecule has 0 spiro atoms. The van der Waals surface area contributed by atoms with Gasteiger partial charge in [0.05, 0.1) is 23.9 Å². The van der Waals surface area contributed by atoms with Gasteiger partial charge in [-0.05, 0) is 31.2 Å². The first-order valence-electron chi connectivity index (χ1n) is 5.82. The number of carbonyl (C=O) groups is 1. The molecule has 4 nitrogen and oxygen atoms in total. The molecule has 4 heteroatoms. The Balaban J connectivity index is 2.21. The van der Waals surface area contributed by atoms with E-state index in [0.29, 0.717) is 12.2 Å². The topological polar surface area (TPSA) is 55.0 Å². The van der Waals surface area contributed by atoms with Crippen LogP contribution >= 0.6 is 0 Å². The van der Waals surface area contributed by atoms with Crippen molar-refractivity contribution < 1.29 is 9.53 Å². The average molecular weight is 240 g/mol. The van der Waals surface area contributed by atoms with Crippen molar-refractivity contribution in [1.82, 2.24) is 9.97 Å². The monoisotopic (exact) mass is 240 g/mol. The normalized spacial score (nSPS) is 10.9. The zero-order valence-corrected chi connectivity index (χ0v) is 9.93. The number of hydrogen-bond acceptors (Lipinski definition) is 3. The second-order valence-corrected chi connectivity index (χ2v) is 4.03. The Morgan fingerprint density at radius 1 is 1.28 bits per heavy atom. The highest BCUT2D eigenvalue weighted by atomic mass is 16.5. The second-order valence-electron chi connectivity index (χ2n) is 4.03. The molecule has 0 saturated carbocycles. The van der Waals surface area contributed by atoms with Crippen LogP contribution in [-0.4, -0.2) is 22.5 Å². The molecule has 0 saturated heterocycles. The van der Waals surface area contributed by atoms with Crippen LogP contribution in [-0.2, 0) is 4.74 Å². The largest absolute Gasteiger partial charge is 0.462 e. The number of hydrogen-bond donors (Lipinski definition) is 1. The van der Waals surface area contributed by atoms with Crippen molar-refractivity contribution in [1.29, 1.82) is 0 Å². The maximum atomic E-state index is 11.7. The van der Waals surface area contributed by atoms with Crippen LogP contribution < -0.4 is 0 Å². The van der Waals surface area contributed by atoms with Crippen LogP contribution in [0.1, 0.15) is 17.3 Å². The fraction of sp³-hybridized carbons (Fsp3) is 0.143. The molecule has 2 heterocycles. The van der Waals surface area contributed by atoms with Crippen LogP contribution in [0.5, 0.6) is 0 Å². The van der Waals surface area contributed by atoms with E-state index in [0.717, 1.165) is 21.8 Å². The van der Waals surface area contributed by atoms with Crippen LogP contribution in [0.4, 0.5) is 0 Å². The van der Waals surface area contributed by atoms with Gasteiger partial charge in [-0.15, -0.1) is 0 Å². The molecule has 3 rings (SSSR count). The highest BCUT2D eigenvalue weighted by molar-refractivity contribution is 6.09. The van der Waals surface area contributed by atoms with Gasteiger partial charge in [-0.25, -0.2) is 4.79 Å². The number of nitrogens with one attached hydrogen (secondary N) is 1. The molecule has 0 radical (unpaired) electrons. The smallest absolute Gasteiger partial charge is 0.338 e. The lowest BCUT2D eigenvalue weighted by molar-refractivity contribution is 0.0526. The number of H-pyrrole nitrogens is 1. The number of benzene rings is 1. The van der Waals surface area contributed by atoms with Crippen molar-refractivity contribution in [2.75, 3.05) is 6.61 Å². The number of fused-ring (bicyclic) bond motifs is 3. The van der Waals surface area contributed by atoms with Gasteiger partial charge in [-0.3, -0.25) is 4.98 Å². The van der Waals surface area contributed by atoms with Crippen molar-refractivity contribution in [3.8, 4) is 0 Å². The summed E-state index contributed by atoms with van der Waals surface area (Å²) < 4.78 is 5.00. The predicted octanol–water partition coefficient (Wildman–Crippen LogP) is 2.89. The zero-order chi connectivity index (χ0) is 12.5. The van der Waals surface area contributed by atoms with Gasteiger partial charge in [0, 0.05) is 22.5 Å². The van der Waals surface area contributed by atoms with Crippen LogP contribution in [0.2, 0.25) is 0 Å². The fourth-order valence-corrected chi connectivity index (χ4v) is 2.09. The number of ether oxygens (including phenoxy) is 1. The summed E-state index contributed by atoms with van der Waals surface area (Å²) in [5.74, 6) is -0.289. The number of aromatic amines is 1. The lowest BCUT2D eigenvalue weighted by Gasteiger charge is -2.01. The number of carbonyl (C=O) groups excluding carboxylic acids is 1. The summed E-state index contributed by atoms with van der Waals surface area (Å²) in [6.07, 6.45) is 3.52. The van der Waals surface area contributed by atoms with Crippen molar-refractivity contribution in [3.05, 3.63) is 42.2 Å². The van der Waals surface area contributed by atoms with Gasteiger partial charge >= 0.3 is 5.97 Å². The first-order valence-corrected chi connectivity index (χ1v) is 5.82. The third-order valence-corrected chi connectivity index (χ3v) is 2.91. The Bertz CT molecular complexity index is 731. The molecule has 0 unspecified atom stereocenters. The SMILES string of the molecule is CCOC(=O)c1ccc2[nH]c3cnccc3c2c1. The molecule has 18 heavy (non-hydrogen) atoms. The first kappa shape index (κ1) is 10.8. The van der Waals surface area contributed by atoms with Crippen molar-refractivity contribution in [3.63, 3.8) is 0 Å². The van der Waals surface area contributed by atoms with Gasteiger partial charge in [0.1, 0.15) is 0 Å². The minimum absolute atomic E-state index is 0.289. The molecule has 0 atom stereocenters. The molecule has 0 aliphatic heterocycles. The van der Waals surface area contributed by atoms with Gasteiger partial charge in [0.15, 0.2) is 0 Å². The Morgan fingerprint density at radius 2 is 2.17 bits per heavy atom. The van der Waals surface area contributed by atoms with E-state index in [1.807, 2.05) is 18.2 Å². The van der Waals surface area contributed by atoms with Crippen LogP contribution in [0, 0.1) is 0 Å². The molecule has 0 amide bonds. The summed E-state index contributed by atoms with van der Waals surface area (Å²) in [5.41, 5.74) is 2.53. The summed E-state index contributed by atoms with van der Waals surface area (Å²) in [6, 6.07) is 7.44. The molecule has 2 aromatic heterocycles. The van der Waals surface area contributed by atoms with E-state index in [2.05, 4.69) is 9.97 Å². The van der Waals surface area contributed by atoms with Crippen molar-refractivity contribution >= 4 is 27.8 Å². The molecule has 1 N–H and O–H groups in total. The zero-order valence-electron chi connectivity index (χ0n) is 9.93. The Kier molecular flexibility index (Phi) is 2.48. The van der Waals surface area contributed by atoms with Gasteiger partial charge in [-0.2, -0.15) is 0 Å². The van der Waals surface area contributed by atoms with Crippen LogP contribution in [0.25, 0.3) is 21.8 Å². The molecule has 0 aliphatic rings. The van der Waals surface area contributed by atoms with E-state index in [4.69, 9.17) is 4.74 Å². The maximum absolute atomic E-state index is 11.7. The van der Waals surface area contributed by atoms with Gasteiger partial charge in [-0.1, -0.05) is 0 Å². The quantitative estimate of drug-likeness (QED) is 0.701. The third kappa shape index (κ3) is 1.62. The van der Waals surface area contributed by atoms with E-state index in [9.17, 15) is 4.79 Å². The number of aromatic nitrogens is 2. The highest BCUT2D eigenvalue weighted by Crippen LogP contribution is 2.25. The maximum Gasteiger partial charge on any atom is 0.338 e. The highest BCUT2D eigenvalue weighted by Gasteiger charge is 2.10. The van der Waals surface area contributed by atoms with E-state index < -0.39 is 0 Å². The summed E-state index contributed by atoms with van der Waals surface area (Å²) in [7, 11) is 0. The van der Waals surface area contributed by atoms with E-state index in [1.165, 1.54) is 0 Å². The Morgan fingerprint density at radius 3 is 3.00 bits per heavy atom. The molecule has 0 bridgehead atoms. The van der Waals surface area contributed by atoms with Crippen molar-refractivity contribution in [2.45, 2.75) is 6.92 Å². The molecule has 1 aromatic carbocycles. The molecular weight excluding hydrogens is 228 g/mol. The Hall–Kier alpha value is -2.36. The standard InChI is InChI=1S/C14H12N2O2/c1-2-18-14(17)9-3-4-12-11(7-9)10-5-6-15-8-13(10)16-12/h3-8,16H,2H2,1H3. The first-order chi connectivity index (χ1) is 8.79.